The van der Waals surface area contributed by atoms with Crippen LogP contribution in [0.2, 0.25) is 5.02 Å². The zero-order chi connectivity index (χ0) is 12.4. The normalized spacial score (nSPS) is 10.9. The lowest BCUT2D eigenvalue weighted by atomic mass is 9.97. The van der Waals surface area contributed by atoms with Crippen molar-refractivity contribution in [2.45, 2.75) is 26.7 Å². The van der Waals surface area contributed by atoms with E-state index in [0.29, 0.717) is 5.92 Å². The molecule has 0 atom stereocenters. The van der Waals surface area contributed by atoms with Crippen molar-refractivity contribution in [1.82, 2.24) is 0 Å². The van der Waals surface area contributed by atoms with Gasteiger partial charge in [0, 0.05) is 5.02 Å². The molecule has 17 heavy (non-hydrogen) atoms. The molecule has 0 bridgehead atoms. The van der Waals surface area contributed by atoms with Crippen molar-refractivity contribution in [3.8, 4) is 11.1 Å². The third-order valence-corrected chi connectivity index (χ3v) is 3.39. The van der Waals surface area contributed by atoms with E-state index >= 15 is 0 Å². The van der Waals surface area contributed by atoms with Crippen LogP contribution in [0, 0.1) is 13.0 Å². The standard InChI is InChI=1S/C16H16Cl/c1-11(2)13-5-4-6-14(10-13)15-7-8-16(17)12(3)9-15/h4-5,7-11H,1-3H3. The van der Waals surface area contributed by atoms with E-state index in [2.05, 4.69) is 38.1 Å². The minimum atomic E-state index is 0.539. The van der Waals surface area contributed by atoms with Gasteiger partial charge in [0.25, 0.3) is 0 Å². The van der Waals surface area contributed by atoms with Gasteiger partial charge < -0.3 is 0 Å². The highest BCUT2D eigenvalue weighted by Gasteiger charge is 2.04. The van der Waals surface area contributed by atoms with Crippen LogP contribution in [0.4, 0.5) is 0 Å². The van der Waals surface area contributed by atoms with Gasteiger partial charge >= 0.3 is 0 Å². The molecule has 0 unspecified atom stereocenters. The first-order valence-corrected chi connectivity index (χ1v) is 6.24. The van der Waals surface area contributed by atoms with E-state index in [1.165, 1.54) is 11.1 Å². The van der Waals surface area contributed by atoms with Crippen LogP contribution in [0.3, 0.4) is 0 Å². The molecule has 0 aliphatic heterocycles. The van der Waals surface area contributed by atoms with Gasteiger partial charge in [0.1, 0.15) is 0 Å². The molecule has 1 radical (unpaired) electrons. The van der Waals surface area contributed by atoms with Crippen molar-refractivity contribution in [3.63, 3.8) is 0 Å². The number of hydrogen-bond donors (Lipinski definition) is 0. The SMILES string of the molecule is Cc1cc(-c2[c]ccc(C(C)C)c2)ccc1Cl. The first-order chi connectivity index (χ1) is 8.08. The van der Waals surface area contributed by atoms with Crippen LogP contribution in [0.15, 0.2) is 36.4 Å². The maximum Gasteiger partial charge on any atom is 0.0435 e. The summed E-state index contributed by atoms with van der Waals surface area (Å²) >= 11 is 6.04. The Morgan fingerprint density at radius 1 is 1.12 bits per heavy atom. The van der Waals surface area contributed by atoms with Crippen molar-refractivity contribution < 1.29 is 0 Å². The Morgan fingerprint density at radius 2 is 1.88 bits per heavy atom. The van der Waals surface area contributed by atoms with Crippen LogP contribution in [0.5, 0.6) is 0 Å². The number of benzene rings is 2. The van der Waals surface area contributed by atoms with Crippen LogP contribution >= 0.6 is 11.6 Å². The molecule has 2 aromatic rings. The summed E-state index contributed by atoms with van der Waals surface area (Å²) in [6.07, 6.45) is 0. The lowest BCUT2D eigenvalue weighted by molar-refractivity contribution is 0.867. The topological polar surface area (TPSA) is 0 Å². The second-order valence-electron chi connectivity index (χ2n) is 4.65. The van der Waals surface area contributed by atoms with Crippen molar-refractivity contribution in [1.29, 1.82) is 0 Å². The fourth-order valence-electron chi connectivity index (χ4n) is 1.82. The molecule has 0 nitrogen and oxygen atoms in total. The summed E-state index contributed by atoms with van der Waals surface area (Å²) in [6.45, 7) is 6.43. The Balaban J connectivity index is 2.45. The second-order valence-corrected chi connectivity index (χ2v) is 5.06. The van der Waals surface area contributed by atoms with Crippen molar-refractivity contribution in [2.24, 2.45) is 0 Å². The number of halogens is 1. The third-order valence-electron chi connectivity index (χ3n) is 2.96. The molecule has 0 aliphatic rings. The number of hydrogen-bond acceptors (Lipinski definition) is 0. The minimum absolute atomic E-state index is 0.539. The third kappa shape index (κ3) is 2.70. The predicted octanol–water partition coefficient (Wildman–Crippen LogP) is 5.24. The van der Waals surface area contributed by atoms with Gasteiger partial charge in [0.2, 0.25) is 0 Å². The van der Waals surface area contributed by atoms with E-state index in [9.17, 15) is 0 Å². The van der Waals surface area contributed by atoms with E-state index in [-0.39, 0.29) is 0 Å². The highest BCUT2D eigenvalue weighted by Crippen LogP contribution is 2.26. The van der Waals surface area contributed by atoms with Crippen LogP contribution < -0.4 is 0 Å². The number of rotatable bonds is 2. The van der Waals surface area contributed by atoms with Gasteiger partial charge in [-0.2, -0.15) is 0 Å². The van der Waals surface area contributed by atoms with E-state index in [1.54, 1.807) is 0 Å². The van der Waals surface area contributed by atoms with Crippen LogP contribution in [0.1, 0.15) is 30.9 Å². The Bertz CT molecular complexity index is 527. The average molecular weight is 244 g/mol. The zero-order valence-corrected chi connectivity index (χ0v) is 11.2. The first kappa shape index (κ1) is 12.2. The largest absolute Gasteiger partial charge is 0.0841 e. The average Bonchev–Trinajstić information content (AvgIpc) is 2.33. The van der Waals surface area contributed by atoms with Crippen LogP contribution in [-0.4, -0.2) is 0 Å². The fourth-order valence-corrected chi connectivity index (χ4v) is 1.94. The van der Waals surface area contributed by atoms with Gasteiger partial charge in [0.15, 0.2) is 0 Å². The molecule has 0 fully saturated rings. The van der Waals surface area contributed by atoms with Crippen LogP contribution in [-0.2, 0) is 0 Å². The molecular formula is C16H16Cl. The first-order valence-electron chi connectivity index (χ1n) is 5.86. The molecule has 2 aromatic carbocycles. The van der Waals surface area contributed by atoms with Gasteiger partial charge in [-0.1, -0.05) is 49.7 Å². The van der Waals surface area contributed by atoms with Crippen molar-refractivity contribution in [3.05, 3.63) is 58.6 Å². The number of aryl methyl sites for hydroxylation is 1. The molecular weight excluding hydrogens is 228 g/mol. The molecule has 0 aromatic heterocycles. The van der Waals surface area contributed by atoms with Crippen molar-refractivity contribution in [2.75, 3.05) is 0 Å². The maximum absolute atomic E-state index is 6.04. The molecule has 0 N–H and O–H groups in total. The van der Waals surface area contributed by atoms with Gasteiger partial charge in [-0.25, -0.2) is 0 Å². The lowest BCUT2D eigenvalue weighted by Gasteiger charge is -2.09. The smallest absolute Gasteiger partial charge is 0.0435 e. The Labute approximate surface area is 108 Å². The fraction of sp³-hybridized carbons (Fsp3) is 0.250. The highest BCUT2D eigenvalue weighted by atomic mass is 35.5. The monoisotopic (exact) mass is 243 g/mol. The van der Waals surface area contributed by atoms with Crippen LogP contribution in [0.25, 0.3) is 11.1 Å². The Morgan fingerprint density at radius 3 is 2.53 bits per heavy atom. The molecule has 0 heterocycles. The Hall–Kier alpha value is -1.27. The molecule has 0 saturated heterocycles. The quantitative estimate of drug-likeness (QED) is 0.677. The molecule has 0 spiro atoms. The highest BCUT2D eigenvalue weighted by molar-refractivity contribution is 6.31. The summed E-state index contributed by atoms with van der Waals surface area (Å²) in [5.41, 5.74) is 4.75. The second kappa shape index (κ2) is 4.93. The Kier molecular flexibility index (Phi) is 3.54. The summed E-state index contributed by atoms with van der Waals surface area (Å²) in [6, 6.07) is 15.7. The van der Waals surface area contributed by atoms with Crippen molar-refractivity contribution >= 4 is 11.6 Å². The zero-order valence-electron chi connectivity index (χ0n) is 10.4. The predicted molar refractivity (Wildman–Crippen MR) is 74.6 cm³/mol. The minimum Gasteiger partial charge on any atom is -0.0841 e. The lowest BCUT2D eigenvalue weighted by Crippen LogP contribution is -1.88. The van der Waals surface area contributed by atoms with Gasteiger partial charge in [0.05, 0.1) is 0 Å². The van der Waals surface area contributed by atoms with Gasteiger partial charge in [-0.15, -0.1) is 0 Å². The van der Waals surface area contributed by atoms with E-state index in [4.69, 9.17) is 11.6 Å². The molecule has 0 saturated carbocycles. The molecule has 1 heteroatoms. The molecule has 2 rings (SSSR count). The molecule has 0 amide bonds. The summed E-state index contributed by atoms with van der Waals surface area (Å²) < 4.78 is 0. The van der Waals surface area contributed by atoms with E-state index in [0.717, 1.165) is 16.1 Å². The summed E-state index contributed by atoms with van der Waals surface area (Å²) in [7, 11) is 0. The van der Waals surface area contributed by atoms with E-state index < -0.39 is 0 Å². The van der Waals surface area contributed by atoms with Gasteiger partial charge in [-0.05, 0) is 53.3 Å². The van der Waals surface area contributed by atoms with Gasteiger partial charge in [-0.3, -0.25) is 0 Å². The summed E-state index contributed by atoms with van der Waals surface area (Å²) in [4.78, 5) is 0. The maximum atomic E-state index is 6.04. The van der Waals surface area contributed by atoms with E-state index in [1.807, 2.05) is 25.1 Å². The summed E-state index contributed by atoms with van der Waals surface area (Å²) in [5.74, 6) is 0.539. The molecule has 87 valence electrons. The summed E-state index contributed by atoms with van der Waals surface area (Å²) in [5, 5.41) is 0.814. The molecule has 0 aliphatic carbocycles.